The Morgan fingerprint density at radius 3 is 2.36 bits per heavy atom. The Morgan fingerprint density at radius 2 is 1.67 bits per heavy atom. The van der Waals surface area contributed by atoms with Gasteiger partial charge in [0.2, 0.25) is 11.7 Å². The van der Waals surface area contributed by atoms with Crippen LogP contribution in [0.25, 0.3) is 22.5 Å². The van der Waals surface area contributed by atoms with E-state index in [0.717, 1.165) is 41.3 Å². The van der Waals surface area contributed by atoms with Gasteiger partial charge in [0.25, 0.3) is 0 Å². The molecule has 3 aromatic carbocycles. The zero-order valence-electron chi connectivity index (χ0n) is 23.7. The first-order chi connectivity index (χ1) is 20.2. The fourth-order valence-corrected chi connectivity index (χ4v) is 5.97. The molecule has 220 valence electrons. The maximum atomic E-state index is 13.6. The summed E-state index contributed by atoms with van der Waals surface area (Å²) < 4.78 is 40.9. The van der Waals surface area contributed by atoms with Crippen molar-refractivity contribution in [3.63, 3.8) is 0 Å². The third-order valence-corrected chi connectivity index (χ3v) is 7.99. The Labute approximate surface area is 243 Å². The van der Waals surface area contributed by atoms with Gasteiger partial charge in [-0.1, -0.05) is 81.6 Å². The molecule has 1 saturated carbocycles. The summed E-state index contributed by atoms with van der Waals surface area (Å²) in [5, 5.41) is 21.0. The number of alkyl halides is 3. The van der Waals surface area contributed by atoms with Crippen LogP contribution in [0.15, 0.2) is 66.7 Å². The van der Waals surface area contributed by atoms with E-state index in [2.05, 4.69) is 45.1 Å². The largest absolute Gasteiger partial charge is 0.416 e. The van der Waals surface area contributed by atoms with Gasteiger partial charge in [0.1, 0.15) is 0 Å². The van der Waals surface area contributed by atoms with Crippen molar-refractivity contribution in [1.82, 2.24) is 20.6 Å². The molecule has 3 N–H and O–H groups in total. The highest BCUT2D eigenvalue weighted by Gasteiger charge is 2.33. The molecule has 0 aliphatic heterocycles. The van der Waals surface area contributed by atoms with Crippen LogP contribution in [0.2, 0.25) is 0 Å². The minimum absolute atomic E-state index is 0.0714. The van der Waals surface area contributed by atoms with Crippen LogP contribution in [-0.2, 0) is 17.4 Å². The average molecular weight is 577 g/mol. The lowest BCUT2D eigenvalue weighted by Crippen LogP contribution is -2.35. The number of carbonyl (C=O) groups excluding carboxylic acids is 1. The highest BCUT2D eigenvalue weighted by Crippen LogP contribution is 2.38. The van der Waals surface area contributed by atoms with E-state index in [0.29, 0.717) is 23.3 Å². The van der Waals surface area contributed by atoms with Crippen molar-refractivity contribution in [2.75, 3.05) is 10.6 Å². The summed E-state index contributed by atoms with van der Waals surface area (Å²) >= 11 is 0. The van der Waals surface area contributed by atoms with Gasteiger partial charge in [-0.2, -0.15) is 18.4 Å². The number of hydrogen-bond acceptors (Lipinski definition) is 5. The van der Waals surface area contributed by atoms with E-state index >= 15 is 0 Å². The van der Waals surface area contributed by atoms with Crippen molar-refractivity contribution in [1.29, 1.82) is 0 Å². The Hall–Kier alpha value is -4.21. The van der Waals surface area contributed by atoms with Crippen LogP contribution < -0.4 is 10.6 Å². The van der Waals surface area contributed by atoms with E-state index in [4.69, 9.17) is 0 Å². The number of nitrogens with one attached hydrogen (secondary N) is 3. The van der Waals surface area contributed by atoms with E-state index in [1.165, 1.54) is 37.5 Å². The predicted molar refractivity (Wildman–Crippen MR) is 158 cm³/mol. The molecule has 1 aliphatic carbocycles. The van der Waals surface area contributed by atoms with Crippen molar-refractivity contribution in [2.45, 2.75) is 64.6 Å². The van der Waals surface area contributed by atoms with E-state index in [1.54, 1.807) is 0 Å². The number of carbonyl (C=O) groups is 1. The predicted octanol–water partition coefficient (Wildman–Crippen LogP) is 7.75. The lowest BCUT2D eigenvalue weighted by Gasteiger charge is -2.35. The summed E-state index contributed by atoms with van der Waals surface area (Å²) in [4.78, 5) is 13.3. The van der Waals surface area contributed by atoms with Gasteiger partial charge in [-0.15, -0.1) is 10.2 Å². The van der Waals surface area contributed by atoms with E-state index in [-0.39, 0.29) is 11.6 Å². The van der Waals surface area contributed by atoms with Crippen LogP contribution >= 0.6 is 0 Å². The summed E-state index contributed by atoms with van der Waals surface area (Å²) in [6.45, 7) is 4.38. The molecule has 1 heterocycles. The van der Waals surface area contributed by atoms with Crippen molar-refractivity contribution in [3.05, 3.63) is 77.9 Å². The van der Waals surface area contributed by atoms with Crippen molar-refractivity contribution in [2.24, 2.45) is 11.8 Å². The number of aromatic amines is 1. The van der Waals surface area contributed by atoms with Gasteiger partial charge in [-0.3, -0.25) is 4.79 Å². The maximum absolute atomic E-state index is 13.6. The molecule has 0 radical (unpaired) electrons. The highest BCUT2D eigenvalue weighted by molar-refractivity contribution is 5.97. The number of benzene rings is 3. The molecule has 1 atom stereocenters. The quantitative estimate of drug-likeness (QED) is 0.189. The van der Waals surface area contributed by atoms with Crippen LogP contribution in [0.3, 0.4) is 0 Å². The van der Waals surface area contributed by atoms with Crippen molar-refractivity contribution < 1.29 is 18.0 Å². The molecule has 42 heavy (non-hydrogen) atoms. The Balaban J connectivity index is 1.50. The number of halogens is 3. The molecule has 1 unspecified atom stereocenters. The first-order valence-electron chi connectivity index (χ1n) is 14.4. The van der Waals surface area contributed by atoms with Crippen LogP contribution in [-0.4, -0.2) is 32.6 Å². The number of tetrazole rings is 1. The number of nitrogens with zero attached hydrogens (tertiary/aromatic N) is 3. The third-order valence-electron chi connectivity index (χ3n) is 7.99. The van der Waals surface area contributed by atoms with Gasteiger partial charge < -0.3 is 10.6 Å². The molecule has 1 aromatic heterocycles. The van der Waals surface area contributed by atoms with Gasteiger partial charge >= 0.3 is 6.18 Å². The fourth-order valence-electron chi connectivity index (χ4n) is 5.97. The third kappa shape index (κ3) is 6.80. The average Bonchev–Trinajstić information content (AvgIpc) is 3.51. The second kappa shape index (κ2) is 12.8. The molecule has 1 aliphatic rings. The molecule has 10 heteroatoms. The van der Waals surface area contributed by atoms with E-state index in [1.807, 2.05) is 42.5 Å². The van der Waals surface area contributed by atoms with Crippen LogP contribution in [0, 0.1) is 11.8 Å². The minimum atomic E-state index is -4.55. The first-order valence-corrected chi connectivity index (χ1v) is 14.4. The molecule has 0 bridgehead atoms. The fraction of sp³-hybridized carbons (Fsp3) is 0.375. The Morgan fingerprint density at radius 1 is 0.952 bits per heavy atom. The summed E-state index contributed by atoms with van der Waals surface area (Å²) in [5.74, 6) is 0.741. The number of anilines is 2. The molecule has 7 nitrogen and oxygen atoms in total. The molecular formula is C32H35F3N6O. The Kier molecular flexibility index (Phi) is 8.89. The summed E-state index contributed by atoms with van der Waals surface area (Å²) in [5.41, 5.74) is 2.74. The van der Waals surface area contributed by atoms with Crippen molar-refractivity contribution >= 4 is 17.3 Å². The summed E-state index contributed by atoms with van der Waals surface area (Å²) in [7, 11) is 0. The summed E-state index contributed by atoms with van der Waals surface area (Å²) in [6, 6.07) is 18.7. The highest BCUT2D eigenvalue weighted by atomic mass is 19.4. The molecule has 1 amide bonds. The second-order valence-corrected chi connectivity index (χ2v) is 11.2. The molecule has 5 rings (SSSR count). The number of aromatic nitrogens is 4. The topological polar surface area (TPSA) is 95.6 Å². The summed E-state index contributed by atoms with van der Waals surface area (Å²) in [6.07, 6.45) is 0.968. The van der Waals surface area contributed by atoms with Gasteiger partial charge in [-0.05, 0) is 64.8 Å². The molecule has 4 aromatic rings. The second-order valence-electron chi connectivity index (χ2n) is 11.2. The van der Waals surface area contributed by atoms with E-state index in [9.17, 15) is 18.0 Å². The molecular weight excluding hydrogens is 541 g/mol. The first kappa shape index (κ1) is 29.3. The number of rotatable bonds is 9. The number of amides is 1. The standard InChI is InChI=1S/C32H35F3N6O/c1-20(2)30(21-10-4-3-5-11-21)37-27-17-16-22(24-13-7-8-14-25(24)31-38-40-41-39-31)18-28(27)36-29(42)19-23-12-6-9-15-26(23)32(33,34)35/h6-9,12-18,20-21,30,37H,3-5,10-11,19H2,1-2H3,(H,36,42)(H,38,39,40,41). The van der Waals surface area contributed by atoms with Gasteiger partial charge in [0, 0.05) is 11.6 Å². The molecule has 0 saturated heterocycles. The Bertz CT molecular complexity index is 1500. The zero-order valence-corrected chi connectivity index (χ0v) is 23.7. The minimum Gasteiger partial charge on any atom is -0.380 e. The number of H-pyrrole nitrogens is 1. The van der Waals surface area contributed by atoms with E-state index < -0.39 is 24.1 Å². The van der Waals surface area contributed by atoms with Crippen LogP contribution in [0.4, 0.5) is 24.5 Å². The van der Waals surface area contributed by atoms with Crippen LogP contribution in [0.1, 0.15) is 57.1 Å². The number of hydrogen-bond donors (Lipinski definition) is 3. The smallest absolute Gasteiger partial charge is 0.380 e. The van der Waals surface area contributed by atoms with Gasteiger partial charge in [0.15, 0.2) is 0 Å². The van der Waals surface area contributed by atoms with Gasteiger partial charge in [-0.25, -0.2) is 0 Å². The molecule has 1 fully saturated rings. The lowest BCUT2D eigenvalue weighted by molar-refractivity contribution is -0.138. The maximum Gasteiger partial charge on any atom is 0.416 e. The zero-order chi connectivity index (χ0) is 29.7. The van der Waals surface area contributed by atoms with Crippen LogP contribution in [0.5, 0.6) is 0 Å². The molecule has 0 spiro atoms. The van der Waals surface area contributed by atoms with Gasteiger partial charge in [0.05, 0.1) is 23.4 Å². The normalized spacial score (nSPS) is 15.0. The lowest BCUT2D eigenvalue weighted by atomic mass is 9.79. The monoisotopic (exact) mass is 576 g/mol. The van der Waals surface area contributed by atoms with Crippen molar-refractivity contribution in [3.8, 4) is 22.5 Å². The SMILES string of the molecule is CC(C)C(Nc1ccc(-c2ccccc2-c2nn[nH]n2)cc1NC(=O)Cc1ccccc1C(F)(F)F)C1CCCCC1.